The molecule has 0 unspecified atom stereocenters. The Kier molecular flexibility index (Phi) is 7.74. The fourth-order valence-electron chi connectivity index (χ4n) is 6.28. The molecule has 1 aliphatic heterocycles. The van der Waals surface area contributed by atoms with Crippen molar-refractivity contribution in [3.63, 3.8) is 0 Å². The zero-order chi connectivity index (χ0) is 27.3. The molecule has 2 N–H and O–H groups in total. The van der Waals surface area contributed by atoms with Crippen LogP contribution < -0.4 is 0 Å². The van der Waals surface area contributed by atoms with Crippen molar-refractivity contribution in [2.75, 3.05) is 6.61 Å². The summed E-state index contributed by atoms with van der Waals surface area (Å²) in [5.74, 6) is 0.630. The number of fused-ring (bicyclic) bond motifs is 2. The van der Waals surface area contributed by atoms with Gasteiger partial charge in [0.15, 0.2) is 14.6 Å². The summed E-state index contributed by atoms with van der Waals surface area (Å²) in [6.45, 7) is 16.0. The fourth-order valence-corrected chi connectivity index (χ4v) is 7.34. The van der Waals surface area contributed by atoms with Gasteiger partial charge in [0, 0.05) is 13.0 Å². The van der Waals surface area contributed by atoms with Crippen LogP contribution in [-0.2, 0) is 25.3 Å². The molecule has 6 nitrogen and oxygen atoms in total. The molecule has 37 heavy (non-hydrogen) atoms. The standard InChI is InChI=1S/C30H46O6Si/c1-27(2,3)37(6,7)35-18-14-24-30(25(32)26(33)36-24,34-20-21-11-9-8-10-12-21)17-16-29-15-13-22(19-23(29)31)28(29,4)5/h8-12,16-17,22,24-26,32-33H,13-15,18-20H2,1-7H3/b17-16+/t22-,24+,25+,26-,29+,30+/m0/s1. The van der Waals surface area contributed by atoms with E-state index in [0.717, 1.165) is 18.4 Å². The van der Waals surface area contributed by atoms with E-state index in [1.165, 1.54) is 0 Å². The average Bonchev–Trinajstić information content (AvgIpc) is 3.29. The molecular formula is C30H46O6Si. The lowest BCUT2D eigenvalue weighted by atomic mass is 9.68. The van der Waals surface area contributed by atoms with Gasteiger partial charge in [-0.1, -0.05) is 77.1 Å². The van der Waals surface area contributed by atoms with Crippen LogP contribution in [0.3, 0.4) is 0 Å². The monoisotopic (exact) mass is 530 g/mol. The molecule has 3 aliphatic rings. The normalized spacial score (nSPS) is 35.6. The first kappa shape index (κ1) is 28.6. The third-order valence-electron chi connectivity index (χ3n) is 10.1. The van der Waals surface area contributed by atoms with Crippen LogP contribution in [0.15, 0.2) is 42.5 Å². The molecule has 7 heteroatoms. The third-order valence-corrected chi connectivity index (χ3v) is 14.7. The van der Waals surface area contributed by atoms with Crippen LogP contribution in [0.4, 0.5) is 0 Å². The zero-order valence-electron chi connectivity index (χ0n) is 23.6. The Morgan fingerprint density at radius 3 is 2.38 bits per heavy atom. The van der Waals surface area contributed by atoms with E-state index in [1.54, 1.807) is 0 Å². The Morgan fingerprint density at radius 2 is 1.81 bits per heavy atom. The number of aliphatic hydroxyl groups is 2. The van der Waals surface area contributed by atoms with Crippen molar-refractivity contribution in [2.45, 2.75) is 109 Å². The van der Waals surface area contributed by atoms with E-state index in [1.807, 2.05) is 42.5 Å². The molecule has 6 atom stereocenters. The van der Waals surface area contributed by atoms with E-state index in [4.69, 9.17) is 13.9 Å². The van der Waals surface area contributed by atoms with Gasteiger partial charge < -0.3 is 24.1 Å². The van der Waals surface area contributed by atoms with Crippen LogP contribution in [0.2, 0.25) is 18.1 Å². The lowest BCUT2D eigenvalue weighted by Crippen LogP contribution is -2.50. The minimum absolute atomic E-state index is 0.0654. The second-order valence-electron chi connectivity index (χ2n) is 13.4. The highest BCUT2D eigenvalue weighted by molar-refractivity contribution is 6.74. The summed E-state index contributed by atoms with van der Waals surface area (Å²) < 4.78 is 18.9. The predicted molar refractivity (Wildman–Crippen MR) is 146 cm³/mol. The lowest BCUT2D eigenvalue weighted by Gasteiger charge is -2.39. The molecule has 1 aromatic carbocycles. The van der Waals surface area contributed by atoms with Crippen LogP contribution in [0.5, 0.6) is 0 Å². The number of benzene rings is 1. The van der Waals surface area contributed by atoms with Crippen molar-refractivity contribution in [2.24, 2.45) is 16.7 Å². The average molecular weight is 531 g/mol. The van der Waals surface area contributed by atoms with Gasteiger partial charge in [0.2, 0.25) is 0 Å². The second-order valence-corrected chi connectivity index (χ2v) is 18.2. The number of ketones is 1. The number of Topliss-reactive ketones (excluding diaryl/α,β-unsaturated/α-hetero) is 1. The van der Waals surface area contributed by atoms with Gasteiger partial charge in [-0.2, -0.15) is 0 Å². The van der Waals surface area contributed by atoms with Gasteiger partial charge in [-0.25, -0.2) is 0 Å². The maximum Gasteiger partial charge on any atom is 0.191 e. The molecule has 206 valence electrons. The quantitative estimate of drug-likeness (QED) is 0.329. The first-order chi connectivity index (χ1) is 17.2. The molecule has 0 amide bonds. The molecule has 2 saturated carbocycles. The summed E-state index contributed by atoms with van der Waals surface area (Å²) in [6.07, 6.45) is 3.39. The molecule has 4 rings (SSSR count). The van der Waals surface area contributed by atoms with Gasteiger partial charge in [0.05, 0.1) is 18.1 Å². The van der Waals surface area contributed by atoms with Crippen molar-refractivity contribution < 1.29 is 28.9 Å². The highest BCUT2D eigenvalue weighted by Gasteiger charge is 2.64. The number of hydrogen-bond donors (Lipinski definition) is 2. The zero-order valence-corrected chi connectivity index (χ0v) is 24.6. The highest BCUT2D eigenvalue weighted by atomic mass is 28.4. The number of ether oxygens (including phenoxy) is 2. The Labute approximate surface area is 223 Å². The molecule has 2 bridgehead atoms. The number of carbonyl (C=O) groups excluding carboxylic acids is 1. The van der Waals surface area contributed by atoms with E-state index >= 15 is 0 Å². The molecule has 0 spiro atoms. The molecule has 1 aromatic rings. The largest absolute Gasteiger partial charge is 0.417 e. The predicted octanol–water partition coefficient (Wildman–Crippen LogP) is 5.38. The van der Waals surface area contributed by atoms with Crippen LogP contribution in [0.25, 0.3) is 0 Å². The number of hydrogen-bond acceptors (Lipinski definition) is 6. The lowest BCUT2D eigenvalue weighted by molar-refractivity contribution is -0.130. The second kappa shape index (κ2) is 9.99. The van der Waals surface area contributed by atoms with E-state index < -0.39 is 37.8 Å². The third kappa shape index (κ3) is 4.92. The van der Waals surface area contributed by atoms with E-state index in [9.17, 15) is 15.0 Å². The molecular weight excluding hydrogens is 484 g/mol. The minimum Gasteiger partial charge on any atom is -0.417 e. The molecule has 0 radical (unpaired) electrons. The number of carbonyl (C=O) groups is 1. The molecule has 0 aromatic heterocycles. The van der Waals surface area contributed by atoms with Crippen molar-refractivity contribution >= 4 is 14.1 Å². The molecule has 1 heterocycles. The summed E-state index contributed by atoms with van der Waals surface area (Å²) in [5, 5.41) is 22.1. The molecule has 2 aliphatic carbocycles. The van der Waals surface area contributed by atoms with Crippen LogP contribution in [-0.4, -0.2) is 55.0 Å². The van der Waals surface area contributed by atoms with Crippen molar-refractivity contribution in [1.82, 2.24) is 0 Å². The number of allylic oxidation sites excluding steroid dienone is 1. The fraction of sp³-hybridized carbons (Fsp3) is 0.700. The Hall–Kier alpha value is -1.35. The summed E-state index contributed by atoms with van der Waals surface area (Å²) in [7, 11) is -1.99. The number of aliphatic hydroxyl groups excluding tert-OH is 2. The van der Waals surface area contributed by atoms with Crippen molar-refractivity contribution in [3.05, 3.63) is 48.0 Å². The van der Waals surface area contributed by atoms with Gasteiger partial charge in [0.25, 0.3) is 0 Å². The van der Waals surface area contributed by atoms with Crippen LogP contribution >= 0.6 is 0 Å². The van der Waals surface area contributed by atoms with E-state index in [0.29, 0.717) is 25.4 Å². The van der Waals surface area contributed by atoms with Crippen LogP contribution in [0.1, 0.15) is 65.9 Å². The molecule has 3 fully saturated rings. The van der Waals surface area contributed by atoms with Gasteiger partial charge in [-0.15, -0.1) is 0 Å². The van der Waals surface area contributed by atoms with Crippen molar-refractivity contribution in [1.29, 1.82) is 0 Å². The topological polar surface area (TPSA) is 85.2 Å². The van der Waals surface area contributed by atoms with Crippen molar-refractivity contribution in [3.8, 4) is 0 Å². The Balaban J connectivity index is 1.65. The van der Waals surface area contributed by atoms with E-state index in [2.05, 4.69) is 47.7 Å². The summed E-state index contributed by atoms with van der Waals surface area (Å²) in [6, 6.07) is 9.77. The van der Waals surface area contributed by atoms with Crippen LogP contribution in [0, 0.1) is 16.7 Å². The molecule has 1 saturated heterocycles. The van der Waals surface area contributed by atoms with E-state index in [-0.39, 0.29) is 22.8 Å². The van der Waals surface area contributed by atoms with Gasteiger partial charge in [-0.05, 0) is 54.3 Å². The Bertz CT molecular complexity index is 999. The summed E-state index contributed by atoms with van der Waals surface area (Å²) in [5.41, 5.74) is -1.10. The first-order valence-electron chi connectivity index (χ1n) is 13.7. The maximum absolute atomic E-state index is 13.2. The first-order valence-corrected chi connectivity index (χ1v) is 16.6. The van der Waals surface area contributed by atoms with Gasteiger partial charge in [-0.3, -0.25) is 4.79 Å². The smallest absolute Gasteiger partial charge is 0.191 e. The van der Waals surface area contributed by atoms with Gasteiger partial charge >= 0.3 is 0 Å². The maximum atomic E-state index is 13.2. The Morgan fingerprint density at radius 1 is 1.14 bits per heavy atom. The summed E-state index contributed by atoms with van der Waals surface area (Å²) >= 11 is 0. The SMILES string of the molecule is CC1(C)[C@H]2CC[C@@]1(/C=C/[C@]1(OCc3ccccc3)[C@H](O)[C@@H](O)O[C@@H]1CCO[Si](C)(C)C(C)(C)C)C(=O)C2. The van der Waals surface area contributed by atoms with Gasteiger partial charge in [0.1, 0.15) is 17.5 Å². The number of rotatable bonds is 9. The minimum atomic E-state index is -1.99. The highest BCUT2D eigenvalue weighted by Crippen LogP contribution is 2.64. The summed E-state index contributed by atoms with van der Waals surface area (Å²) in [4.78, 5) is 13.2.